The number of aliphatic hydroxyl groups is 3. The van der Waals surface area contributed by atoms with Crippen molar-refractivity contribution in [3.8, 4) is 0 Å². The number of hydrogen-bond donors (Lipinski definition) is 3. The SMILES string of the molecule is CC(C)(O)[C@@H]1CC[C@]1(C)C(O)CO. The van der Waals surface area contributed by atoms with Crippen molar-refractivity contribution in [2.75, 3.05) is 6.61 Å². The Morgan fingerprint density at radius 1 is 1.54 bits per heavy atom. The van der Waals surface area contributed by atoms with Crippen molar-refractivity contribution in [1.29, 1.82) is 0 Å². The molecule has 1 fully saturated rings. The topological polar surface area (TPSA) is 60.7 Å². The minimum absolute atomic E-state index is 0.0853. The predicted molar refractivity (Wildman–Crippen MR) is 50.2 cm³/mol. The first-order chi connectivity index (χ1) is 5.82. The summed E-state index contributed by atoms with van der Waals surface area (Å²) in [5.41, 5.74) is -1.07. The zero-order chi connectivity index (χ0) is 10.3. The van der Waals surface area contributed by atoms with Gasteiger partial charge in [0, 0.05) is 5.41 Å². The third-order valence-corrected chi connectivity index (χ3v) is 3.55. The van der Waals surface area contributed by atoms with E-state index in [1.807, 2.05) is 6.92 Å². The Morgan fingerprint density at radius 3 is 2.31 bits per heavy atom. The number of aliphatic hydroxyl groups excluding tert-OH is 2. The molecule has 78 valence electrons. The lowest BCUT2D eigenvalue weighted by atomic mass is 9.53. The first-order valence-electron chi connectivity index (χ1n) is 4.83. The molecule has 3 nitrogen and oxygen atoms in total. The van der Waals surface area contributed by atoms with E-state index in [1.165, 1.54) is 0 Å². The molecule has 0 amide bonds. The zero-order valence-corrected chi connectivity index (χ0v) is 8.62. The average molecular weight is 188 g/mol. The van der Waals surface area contributed by atoms with Crippen molar-refractivity contribution >= 4 is 0 Å². The second kappa shape index (κ2) is 3.23. The molecule has 3 atom stereocenters. The van der Waals surface area contributed by atoms with Gasteiger partial charge in [0.25, 0.3) is 0 Å². The van der Waals surface area contributed by atoms with Gasteiger partial charge in [0.1, 0.15) is 0 Å². The van der Waals surface area contributed by atoms with Gasteiger partial charge in [-0.25, -0.2) is 0 Å². The second-order valence-corrected chi connectivity index (χ2v) is 4.95. The van der Waals surface area contributed by atoms with Crippen molar-refractivity contribution in [2.24, 2.45) is 11.3 Å². The lowest BCUT2D eigenvalue weighted by molar-refractivity contribution is -0.164. The molecule has 1 aliphatic carbocycles. The van der Waals surface area contributed by atoms with Gasteiger partial charge in [0.2, 0.25) is 0 Å². The van der Waals surface area contributed by atoms with E-state index in [2.05, 4.69) is 0 Å². The Balaban J connectivity index is 2.71. The molecular weight excluding hydrogens is 168 g/mol. The van der Waals surface area contributed by atoms with Crippen LogP contribution in [0.1, 0.15) is 33.6 Å². The number of rotatable bonds is 3. The van der Waals surface area contributed by atoms with Crippen LogP contribution in [-0.2, 0) is 0 Å². The third kappa shape index (κ3) is 1.73. The summed E-state index contributed by atoms with van der Waals surface area (Å²) < 4.78 is 0. The Bertz CT molecular complexity index is 185. The molecule has 0 radical (unpaired) electrons. The summed E-state index contributed by atoms with van der Waals surface area (Å²) in [4.78, 5) is 0. The van der Waals surface area contributed by atoms with Crippen molar-refractivity contribution in [3.05, 3.63) is 0 Å². The standard InChI is InChI=1S/C10H20O3/c1-9(2,13)7-4-5-10(7,3)8(12)6-11/h7-8,11-13H,4-6H2,1-3H3/t7-,8?,10-/m0/s1. The van der Waals surface area contributed by atoms with Crippen LogP contribution in [0.4, 0.5) is 0 Å². The molecule has 1 aliphatic rings. The highest BCUT2D eigenvalue weighted by Crippen LogP contribution is 2.53. The fourth-order valence-electron chi connectivity index (χ4n) is 2.51. The van der Waals surface area contributed by atoms with E-state index >= 15 is 0 Å². The van der Waals surface area contributed by atoms with Gasteiger partial charge >= 0.3 is 0 Å². The summed E-state index contributed by atoms with van der Waals surface area (Å²) in [6.45, 7) is 5.24. The molecule has 1 saturated carbocycles. The molecule has 0 heterocycles. The zero-order valence-electron chi connectivity index (χ0n) is 8.62. The van der Waals surface area contributed by atoms with Crippen LogP contribution in [0.25, 0.3) is 0 Å². The highest BCUT2D eigenvalue weighted by atomic mass is 16.3. The monoisotopic (exact) mass is 188 g/mol. The van der Waals surface area contributed by atoms with Gasteiger partial charge in [-0.05, 0) is 32.6 Å². The minimum atomic E-state index is -0.761. The van der Waals surface area contributed by atoms with E-state index in [1.54, 1.807) is 13.8 Å². The fraction of sp³-hybridized carbons (Fsp3) is 1.00. The van der Waals surface area contributed by atoms with Gasteiger partial charge in [-0.15, -0.1) is 0 Å². The summed E-state index contributed by atoms with van der Waals surface area (Å²) >= 11 is 0. The van der Waals surface area contributed by atoms with Gasteiger partial charge in [0.05, 0.1) is 18.3 Å². The lowest BCUT2D eigenvalue weighted by Crippen LogP contribution is -2.56. The Morgan fingerprint density at radius 2 is 2.08 bits per heavy atom. The maximum Gasteiger partial charge on any atom is 0.0828 e. The van der Waals surface area contributed by atoms with Gasteiger partial charge in [-0.2, -0.15) is 0 Å². The molecule has 0 saturated heterocycles. The van der Waals surface area contributed by atoms with Crippen LogP contribution in [0.5, 0.6) is 0 Å². The molecule has 1 rings (SSSR count). The van der Waals surface area contributed by atoms with Crippen LogP contribution in [0.3, 0.4) is 0 Å². The predicted octanol–water partition coefficient (Wildman–Crippen LogP) is 0.527. The maximum atomic E-state index is 9.82. The molecule has 1 unspecified atom stereocenters. The summed E-state index contributed by atoms with van der Waals surface area (Å²) in [5, 5.41) is 28.3. The van der Waals surface area contributed by atoms with E-state index in [0.717, 1.165) is 12.8 Å². The van der Waals surface area contributed by atoms with E-state index in [4.69, 9.17) is 5.11 Å². The smallest absolute Gasteiger partial charge is 0.0828 e. The van der Waals surface area contributed by atoms with E-state index in [-0.39, 0.29) is 17.9 Å². The molecule has 3 heteroatoms. The van der Waals surface area contributed by atoms with E-state index < -0.39 is 11.7 Å². The first-order valence-corrected chi connectivity index (χ1v) is 4.83. The van der Waals surface area contributed by atoms with Gasteiger partial charge in [0.15, 0.2) is 0 Å². The maximum absolute atomic E-state index is 9.82. The Hall–Kier alpha value is -0.120. The van der Waals surface area contributed by atoms with Gasteiger partial charge in [-0.3, -0.25) is 0 Å². The summed E-state index contributed by atoms with van der Waals surface area (Å²) in [7, 11) is 0. The Kier molecular flexibility index (Phi) is 2.72. The number of hydrogen-bond acceptors (Lipinski definition) is 3. The Labute approximate surface area is 79.4 Å². The summed E-state index contributed by atoms with van der Waals surface area (Å²) in [6, 6.07) is 0. The molecule has 0 spiro atoms. The van der Waals surface area contributed by atoms with Crippen LogP contribution in [0.2, 0.25) is 0 Å². The van der Waals surface area contributed by atoms with E-state index in [9.17, 15) is 10.2 Å². The minimum Gasteiger partial charge on any atom is -0.394 e. The lowest BCUT2D eigenvalue weighted by Gasteiger charge is -2.54. The highest BCUT2D eigenvalue weighted by Gasteiger charge is 2.53. The van der Waals surface area contributed by atoms with Crippen LogP contribution in [0.15, 0.2) is 0 Å². The van der Waals surface area contributed by atoms with Crippen LogP contribution < -0.4 is 0 Å². The van der Waals surface area contributed by atoms with Crippen molar-refractivity contribution in [3.63, 3.8) is 0 Å². The third-order valence-electron chi connectivity index (χ3n) is 3.55. The molecule has 0 aliphatic heterocycles. The van der Waals surface area contributed by atoms with Crippen LogP contribution in [-0.4, -0.2) is 33.6 Å². The van der Waals surface area contributed by atoms with Gasteiger partial charge < -0.3 is 15.3 Å². The van der Waals surface area contributed by atoms with Crippen molar-refractivity contribution in [2.45, 2.75) is 45.3 Å². The first kappa shape index (κ1) is 11.0. The largest absolute Gasteiger partial charge is 0.394 e. The fourth-order valence-corrected chi connectivity index (χ4v) is 2.51. The summed E-state index contributed by atoms with van der Waals surface area (Å²) in [5.74, 6) is 0.0853. The van der Waals surface area contributed by atoms with Crippen LogP contribution >= 0.6 is 0 Å². The molecule has 0 aromatic heterocycles. The normalized spacial score (nSPS) is 36.9. The van der Waals surface area contributed by atoms with Crippen molar-refractivity contribution in [1.82, 2.24) is 0 Å². The second-order valence-electron chi connectivity index (χ2n) is 4.95. The van der Waals surface area contributed by atoms with E-state index in [0.29, 0.717) is 0 Å². The molecule has 0 aromatic carbocycles. The molecule has 0 aromatic rings. The van der Waals surface area contributed by atoms with Gasteiger partial charge in [-0.1, -0.05) is 6.92 Å². The molecule has 3 N–H and O–H groups in total. The molecule has 0 bridgehead atoms. The van der Waals surface area contributed by atoms with Crippen LogP contribution in [0, 0.1) is 11.3 Å². The average Bonchev–Trinajstić information content (AvgIpc) is 1.96. The molecular formula is C10H20O3. The molecule has 13 heavy (non-hydrogen) atoms. The quantitative estimate of drug-likeness (QED) is 0.605. The van der Waals surface area contributed by atoms with Crippen molar-refractivity contribution < 1.29 is 15.3 Å². The summed E-state index contributed by atoms with van der Waals surface area (Å²) in [6.07, 6.45) is 1.10. The highest BCUT2D eigenvalue weighted by molar-refractivity contribution is 5.02.